The Morgan fingerprint density at radius 1 is 0.824 bits per heavy atom. The summed E-state index contributed by atoms with van der Waals surface area (Å²) in [6.07, 6.45) is 2.71. The van der Waals surface area contributed by atoms with Crippen molar-refractivity contribution in [3.63, 3.8) is 0 Å². The number of rotatable bonds is 12. The van der Waals surface area contributed by atoms with Crippen molar-refractivity contribution < 1.29 is 13.6 Å². The summed E-state index contributed by atoms with van der Waals surface area (Å²) in [6, 6.07) is 20.4. The molecule has 3 aromatic rings. The first-order valence-electron chi connectivity index (χ1n) is 11.5. The number of anilines is 1. The van der Waals surface area contributed by atoms with E-state index < -0.39 is 5.82 Å². The van der Waals surface area contributed by atoms with E-state index in [0.29, 0.717) is 24.9 Å². The van der Waals surface area contributed by atoms with Crippen LogP contribution in [0.25, 0.3) is 0 Å². The number of carbonyl (C=O) groups is 1. The number of amides is 2. The molecule has 0 atom stereocenters. The van der Waals surface area contributed by atoms with Crippen LogP contribution >= 0.6 is 11.6 Å². The molecule has 0 saturated heterocycles. The predicted octanol–water partition coefficient (Wildman–Crippen LogP) is 6.31. The Bertz CT molecular complexity index is 1050. The van der Waals surface area contributed by atoms with Gasteiger partial charge < -0.3 is 15.5 Å². The standard InChI is InChI=1S/C27H30ClF2N3O/c28-25-12-5-4-8-21(25)15-19-33(17-6-9-22-20-23(29)13-14-26(22)30)18-7-16-31-27(34)32-24-10-2-1-3-11-24/h1-5,8,10-14,20H,6-7,9,15-19H2,(H2,31,32,34). The van der Waals surface area contributed by atoms with Crippen molar-refractivity contribution in [2.75, 3.05) is 31.5 Å². The van der Waals surface area contributed by atoms with Gasteiger partial charge in [0.2, 0.25) is 0 Å². The highest BCUT2D eigenvalue weighted by atomic mass is 35.5. The maximum Gasteiger partial charge on any atom is 0.319 e. The minimum absolute atomic E-state index is 0.240. The molecule has 3 aromatic carbocycles. The molecular formula is C27H30ClF2N3O. The molecule has 2 amide bonds. The summed E-state index contributed by atoms with van der Waals surface area (Å²) in [4.78, 5) is 14.4. The van der Waals surface area contributed by atoms with Gasteiger partial charge in [-0.3, -0.25) is 0 Å². The second-order valence-electron chi connectivity index (χ2n) is 8.12. The highest BCUT2D eigenvalue weighted by Gasteiger charge is 2.10. The van der Waals surface area contributed by atoms with Crippen LogP contribution in [0, 0.1) is 11.6 Å². The lowest BCUT2D eigenvalue weighted by Crippen LogP contribution is -2.34. The van der Waals surface area contributed by atoms with E-state index in [1.807, 2.05) is 54.6 Å². The molecule has 3 rings (SSSR count). The van der Waals surface area contributed by atoms with Gasteiger partial charge in [0.15, 0.2) is 0 Å². The minimum atomic E-state index is -0.424. The molecule has 2 N–H and O–H groups in total. The van der Waals surface area contributed by atoms with Crippen LogP contribution < -0.4 is 10.6 Å². The molecule has 0 heterocycles. The van der Waals surface area contributed by atoms with E-state index in [2.05, 4.69) is 15.5 Å². The molecule has 4 nitrogen and oxygen atoms in total. The number of benzene rings is 3. The first kappa shape index (κ1) is 25.7. The number of urea groups is 1. The Morgan fingerprint density at radius 2 is 1.56 bits per heavy atom. The van der Waals surface area contributed by atoms with Crippen molar-refractivity contribution in [1.29, 1.82) is 0 Å². The molecule has 0 bridgehead atoms. The van der Waals surface area contributed by atoms with Crippen LogP contribution in [0.15, 0.2) is 72.8 Å². The number of aryl methyl sites for hydroxylation is 1. The number of hydrogen-bond donors (Lipinski definition) is 2. The van der Waals surface area contributed by atoms with Gasteiger partial charge in [-0.15, -0.1) is 0 Å². The van der Waals surface area contributed by atoms with Crippen molar-refractivity contribution in [3.05, 3.63) is 101 Å². The summed E-state index contributed by atoms with van der Waals surface area (Å²) in [7, 11) is 0. The lowest BCUT2D eigenvalue weighted by molar-refractivity contribution is 0.248. The van der Waals surface area contributed by atoms with E-state index in [1.54, 1.807) is 0 Å². The van der Waals surface area contributed by atoms with E-state index in [9.17, 15) is 13.6 Å². The first-order chi connectivity index (χ1) is 16.5. The summed E-state index contributed by atoms with van der Waals surface area (Å²) in [5, 5.41) is 6.42. The fourth-order valence-electron chi connectivity index (χ4n) is 3.74. The quantitative estimate of drug-likeness (QED) is 0.295. The molecule has 180 valence electrons. The van der Waals surface area contributed by atoms with Crippen LogP contribution in [0.4, 0.5) is 19.3 Å². The smallest absolute Gasteiger partial charge is 0.319 e. The summed E-state index contributed by atoms with van der Waals surface area (Å²) in [5.74, 6) is -0.801. The number of halogens is 3. The van der Waals surface area contributed by atoms with E-state index in [4.69, 9.17) is 11.6 Å². The third kappa shape index (κ3) is 8.76. The van der Waals surface area contributed by atoms with Gasteiger partial charge in [0.1, 0.15) is 11.6 Å². The van der Waals surface area contributed by atoms with Gasteiger partial charge in [0.05, 0.1) is 0 Å². The summed E-state index contributed by atoms with van der Waals surface area (Å²) < 4.78 is 27.4. The van der Waals surface area contributed by atoms with Gasteiger partial charge in [0.25, 0.3) is 0 Å². The zero-order valence-electron chi connectivity index (χ0n) is 19.1. The zero-order valence-corrected chi connectivity index (χ0v) is 19.8. The lowest BCUT2D eigenvalue weighted by Gasteiger charge is -2.23. The Hall–Kier alpha value is -2.96. The predicted molar refractivity (Wildman–Crippen MR) is 134 cm³/mol. The van der Waals surface area contributed by atoms with Gasteiger partial charge in [-0.25, -0.2) is 13.6 Å². The highest BCUT2D eigenvalue weighted by Crippen LogP contribution is 2.16. The van der Waals surface area contributed by atoms with Crippen LogP contribution in [0.2, 0.25) is 5.02 Å². The van der Waals surface area contributed by atoms with Crippen LogP contribution in [0.3, 0.4) is 0 Å². The van der Waals surface area contributed by atoms with Gasteiger partial charge in [-0.1, -0.05) is 48.0 Å². The van der Waals surface area contributed by atoms with Crippen LogP contribution in [-0.2, 0) is 12.8 Å². The second-order valence-corrected chi connectivity index (χ2v) is 8.53. The van der Waals surface area contributed by atoms with E-state index >= 15 is 0 Å². The van der Waals surface area contributed by atoms with E-state index in [1.165, 1.54) is 12.1 Å². The second kappa shape index (κ2) is 13.7. The molecule has 0 spiro atoms. The van der Waals surface area contributed by atoms with Crippen molar-refractivity contribution in [2.24, 2.45) is 0 Å². The minimum Gasteiger partial charge on any atom is -0.338 e. The fraction of sp³-hybridized carbons (Fsp3) is 0.296. The molecule has 0 aliphatic heterocycles. The van der Waals surface area contributed by atoms with Crippen LogP contribution in [0.1, 0.15) is 24.0 Å². The summed E-state index contributed by atoms with van der Waals surface area (Å²) >= 11 is 6.30. The molecule has 0 saturated carbocycles. The Balaban J connectivity index is 1.48. The fourth-order valence-corrected chi connectivity index (χ4v) is 3.97. The zero-order chi connectivity index (χ0) is 24.2. The molecular weight excluding hydrogens is 456 g/mol. The average molecular weight is 486 g/mol. The first-order valence-corrected chi connectivity index (χ1v) is 11.9. The van der Waals surface area contributed by atoms with Gasteiger partial charge >= 0.3 is 6.03 Å². The molecule has 34 heavy (non-hydrogen) atoms. The largest absolute Gasteiger partial charge is 0.338 e. The van der Waals surface area contributed by atoms with Crippen molar-refractivity contribution in [2.45, 2.75) is 25.7 Å². The highest BCUT2D eigenvalue weighted by molar-refractivity contribution is 6.31. The maximum absolute atomic E-state index is 13.9. The van der Waals surface area contributed by atoms with E-state index in [-0.39, 0.29) is 11.8 Å². The third-order valence-electron chi connectivity index (χ3n) is 5.55. The van der Waals surface area contributed by atoms with Crippen molar-refractivity contribution in [3.8, 4) is 0 Å². The topological polar surface area (TPSA) is 44.4 Å². The van der Waals surface area contributed by atoms with E-state index in [0.717, 1.165) is 54.8 Å². The normalized spacial score (nSPS) is 10.9. The van der Waals surface area contributed by atoms with Crippen molar-refractivity contribution in [1.82, 2.24) is 10.2 Å². The van der Waals surface area contributed by atoms with Crippen molar-refractivity contribution >= 4 is 23.3 Å². The number of para-hydroxylation sites is 1. The summed E-state index contributed by atoms with van der Waals surface area (Å²) in [5.41, 5.74) is 2.21. The number of carbonyl (C=O) groups excluding carboxylic acids is 1. The molecule has 0 unspecified atom stereocenters. The van der Waals surface area contributed by atoms with Crippen LogP contribution in [0.5, 0.6) is 0 Å². The molecule has 7 heteroatoms. The molecule has 0 aliphatic carbocycles. The molecule has 0 radical (unpaired) electrons. The molecule has 0 aliphatic rings. The monoisotopic (exact) mass is 485 g/mol. The summed E-state index contributed by atoms with van der Waals surface area (Å²) in [6.45, 7) is 2.81. The number of nitrogens with zero attached hydrogens (tertiary/aromatic N) is 1. The number of nitrogens with one attached hydrogen (secondary N) is 2. The Morgan fingerprint density at radius 3 is 2.35 bits per heavy atom. The van der Waals surface area contributed by atoms with Crippen LogP contribution in [-0.4, -0.2) is 37.1 Å². The Labute approximate surface area is 204 Å². The Kier molecular flexibility index (Phi) is 10.3. The van der Waals surface area contributed by atoms with Gasteiger partial charge in [0, 0.05) is 23.8 Å². The molecule has 0 aromatic heterocycles. The SMILES string of the molecule is O=C(NCCCN(CCCc1cc(F)ccc1F)CCc1ccccc1Cl)Nc1ccccc1. The average Bonchev–Trinajstić information content (AvgIpc) is 2.83. The van der Waals surface area contributed by atoms with Gasteiger partial charge in [-0.05, 0) is 86.3 Å². The maximum atomic E-state index is 13.9. The molecule has 0 fully saturated rings. The van der Waals surface area contributed by atoms with Gasteiger partial charge in [-0.2, -0.15) is 0 Å². The lowest BCUT2D eigenvalue weighted by atomic mass is 10.1. The third-order valence-corrected chi connectivity index (χ3v) is 5.92. The number of hydrogen-bond acceptors (Lipinski definition) is 2.